The van der Waals surface area contributed by atoms with Crippen LogP contribution in [0, 0.1) is 0 Å². The number of benzene rings is 1. The monoisotopic (exact) mass is 272 g/mol. The lowest BCUT2D eigenvalue weighted by atomic mass is 10.2. The third-order valence-electron chi connectivity index (χ3n) is 2.93. The van der Waals surface area contributed by atoms with E-state index in [0.717, 1.165) is 24.5 Å². The van der Waals surface area contributed by atoms with Gasteiger partial charge in [-0.15, -0.1) is 0 Å². The Morgan fingerprint density at radius 1 is 1.20 bits per heavy atom. The van der Waals surface area contributed by atoms with Crippen LogP contribution in [0.25, 0.3) is 11.4 Å². The van der Waals surface area contributed by atoms with Crippen molar-refractivity contribution in [3.63, 3.8) is 0 Å². The minimum atomic E-state index is 0.470. The lowest BCUT2D eigenvalue weighted by Crippen LogP contribution is -2.24. The van der Waals surface area contributed by atoms with Crippen molar-refractivity contribution in [1.29, 1.82) is 0 Å². The van der Waals surface area contributed by atoms with Gasteiger partial charge in [0.25, 0.3) is 0 Å². The molecule has 2 aromatic rings. The van der Waals surface area contributed by atoms with Gasteiger partial charge in [-0.25, -0.2) is 9.97 Å². The molecular formula is C15H20N4O. The van der Waals surface area contributed by atoms with E-state index in [-0.39, 0.29) is 0 Å². The molecular weight excluding hydrogens is 252 g/mol. The Balaban J connectivity index is 2.20. The fraction of sp³-hybridized carbons (Fsp3) is 0.333. The maximum absolute atomic E-state index is 5.88. The van der Waals surface area contributed by atoms with Crippen LogP contribution in [0.5, 0.6) is 0 Å². The molecule has 0 spiro atoms. The molecule has 0 aliphatic carbocycles. The Morgan fingerprint density at radius 3 is 2.65 bits per heavy atom. The van der Waals surface area contributed by atoms with Crippen molar-refractivity contribution in [3.05, 3.63) is 36.4 Å². The van der Waals surface area contributed by atoms with Gasteiger partial charge in [0.15, 0.2) is 5.82 Å². The molecule has 0 aliphatic heterocycles. The molecule has 1 heterocycles. The number of nitrogen functional groups attached to an aromatic ring is 1. The summed E-state index contributed by atoms with van der Waals surface area (Å²) in [6.45, 7) is 4.13. The number of ether oxygens (including phenoxy) is 1. The van der Waals surface area contributed by atoms with Gasteiger partial charge >= 0.3 is 0 Å². The predicted octanol–water partition coefficient (Wildman–Crippen LogP) is 2.20. The van der Waals surface area contributed by atoms with E-state index in [4.69, 9.17) is 10.5 Å². The molecule has 0 amide bonds. The van der Waals surface area contributed by atoms with Crippen molar-refractivity contribution in [3.8, 4) is 11.4 Å². The summed E-state index contributed by atoms with van der Waals surface area (Å²) < 4.78 is 5.35. The number of hydrogen-bond donors (Lipinski definition) is 1. The van der Waals surface area contributed by atoms with E-state index in [0.29, 0.717) is 18.2 Å². The Morgan fingerprint density at radius 2 is 1.95 bits per heavy atom. The Labute approximate surface area is 119 Å². The van der Waals surface area contributed by atoms with E-state index in [1.807, 2.05) is 49.2 Å². The van der Waals surface area contributed by atoms with Crippen molar-refractivity contribution in [2.45, 2.75) is 6.92 Å². The molecule has 0 fully saturated rings. The number of aromatic nitrogens is 2. The maximum Gasteiger partial charge on any atom is 0.163 e. The fourth-order valence-electron chi connectivity index (χ4n) is 1.82. The van der Waals surface area contributed by atoms with Gasteiger partial charge in [-0.1, -0.05) is 30.3 Å². The highest BCUT2D eigenvalue weighted by atomic mass is 16.5. The summed E-state index contributed by atoms with van der Waals surface area (Å²) in [5.41, 5.74) is 6.84. The second kappa shape index (κ2) is 6.86. The third kappa shape index (κ3) is 3.68. The predicted molar refractivity (Wildman–Crippen MR) is 81.6 cm³/mol. The molecule has 5 heteroatoms. The number of anilines is 2. The molecule has 0 saturated carbocycles. The molecule has 0 saturated heterocycles. The SMILES string of the molecule is CCOCCN(C)c1cc(N)nc(-c2ccccc2)n1. The van der Waals surface area contributed by atoms with Gasteiger partial charge in [-0.3, -0.25) is 0 Å². The van der Waals surface area contributed by atoms with Crippen molar-refractivity contribution >= 4 is 11.6 Å². The van der Waals surface area contributed by atoms with E-state index in [1.54, 1.807) is 6.07 Å². The lowest BCUT2D eigenvalue weighted by molar-refractivity contribution is 0.154. The first kappa shape index (κ1) is 14.3. The standard InChI is InChI=1S/C15H20N4O/c1-3-20-10-9-19(2)14-11-13(16)17-15(18-14)12-7-5-4-6-8-12/h4-8,11H,3,9-10H2,1-2H3,(H2,16,17,18). The van der Waals surface area contributed by atoms with Crippen LogP contribution in [0.1, 0.15) is 6.92 Å². The highest BCUT2D eigenvalue weighted by molar-refractivity contribution is 5.60. The van der Waals surface area contributed by atoms with Crippen LogP contribution < -0.4 is 10.6 Å². The minimum Gasteiger partial charge on any atom is -0.384 e. The highest BCUT2D eigenvalue weighted by Gasteiger charge is 2.08. The van der Waals surface area contributed by atoms with Crippen molar-refractivity contribution in [1.82, 2.24) is 9.97 Å². The number of nitrogens with zero attached hydrogens (tertiary/aromatic N) is 3. The number of nitrogens with two attached hydrogens (primary N) is 1. The molecule has 0 bridgehead atoms. The molecule has 2 N–H and O–H groups in total. The smallest absolute Gasteiger partial charge is 0.163 e. The highest BCUT2D eigenvalue weighted by Crippen LogP contribution is 2.20. The number of hydrogen-bond acceptors (Lipinski definition) is 5. The molecule has 1 aromatic carbocycles. The Hall–Kier alpha value is -2.14. The molecule has 2 rings (SSSR count). The van der Waals surface area contributed by atoms with Gasteiger partial charge in [0.1, 0.15) is 11.6 Å². The zero-order valence-corrected chi connectivity index (χ0v) is 11.9. The van der Waals surface area contributed by atoms with Gasteiger partial charge in [-0.05, 0) is 6.92 Å². The second-order valence-electron chi connectivity index (χ2n) is 4.46. The van der Waals surface area contributed by atoms with Crippen molar-refractivity contribution in [2.24, 2.45) is 0 Å². The minimum absolute atomic E-state index is 0.470. The molecule has 106 valence electrons. The third-order valence-corrected chi connectivity index (χ3v) is 2.93. The van der Waals surface area contributed by atoms with Crippen molar-refractivity contribution in [2.75, 3.05) is 37.4 Å². The molecule has 0 radical (unpaired) electrons. The van der Waals surface area contributed by atoms with E-state index in [9.17, 15) is 0 Å². The summed E-state index contributed by atoms with van der Waals surface area (Å²) in [4.78, 5) is 10.9. The van der Waals surface area contributed by atoms with E-state index in [1.165, 1.54) is 0 Å². The largest absolute Gasteiger partial charge is 0.384 e. The van der Waals surface area contributed by atoms with Gasteiger partial charge in [0, 0.05) is 31.8 Å². The second-order valence-corrected chi connectivity index (χ2v) is 4.46. The molecule has 0 atom stereocenters. The summed E-state index contributed by atoms with van der Waals surface area (Å²) >= 11 is 0. The number of rotatable bonds is 6. The van der Waals surface area contributed by atoms with E-state index < -0.39 is 0 Å². The van der Waals surface area contributed by atoms with Crippen LogP contribution in [0.4, 0.5) is 11.6 Å². The first-order chi connectivity index (χ1) is 9.70. The van der Waals surface area contributed by atoms with Crippen LogP contribution >= 0.6 is 0 Å². The summed E-state index contributed by atoms with van der Waals surface area (Å²) in [6, 6.07) is 11.6. The van der Waals surface area contributed by atoms with Crippen LogP contribution in [0.3, 0.4) is 0 Å². The first-order valence-corrected chi connectivity index (χ1v) is 6.69. The maximum atomic E-state index is 5.88. The summed E-state index contributed by atoms with van der Waals surface area (Å²) in [7, 11) is 1.97. The Kier molecular flexibility index (Phi) is 4.90. The lowest BCUT2D eigenvalue weighted by Gasteiger charge is -2.18. The molecule has 0 unspecified atom stereocenters. The zero-order chi connectivity index (χ0) is 14.4. The van der Waals surface area contributed by atoms with Crippen LogP contribution in [0.2, 0.25) is 0 Å². The van der Waals surface area contributed by atoms with Crippen LogP contribution in [-0.2, 0) is 4.74 Å². The van der Waals surface area contributed by atoms with Gasteiger partial charge in [0.2, 0.25) is 0 Å². The quantitative estimate of drug-likeness (QED) is 0.817. The summed E-state index contributed by atoms with van der Waals surface area (Å²) in [6.07, 6.45) is 0. The average Bonchev–Trinajstić information content (AvgIpc) is 2.47. The van der Waals surface area contributed by atoms with Gasteiger partial charge in [0.05, 0.1) is 6.61 Å². The molecule has 5 nitrogen and oxygen atoms in total. The van der Waals surface area contributed by atoms with Gasteiger partial charge < -0.3 is 15.4 Å². The van der Waals surface area contributed by atoms with E-state index >= 15 is 0 Å². The summed E-state index contributed by atoms with van der Waals surface area (Å²) in [5.74, 6) is 1.91. The Bertz CT molecular complexity index is 545. The first-order valence-electron chi connectivity index (χ1n) is 6.69. The average molecular weight is 272 g/mol. The molecule has 20 heavy (non-hydrogen) atoms. The molecule has 0 aliphatic rings. The summed E-state index contributed by atoms with van der Waals surface area (Å²) in [5, 5.41) is 0. The topological polar surface area (TPSA) is 64.3 Å². The van der Waals surface area contributed by atoms with Crippen LogP contribution in [-0.4, -0.2) is 36.8 Å². The molecule has 1 aromatic heterocycles. The fourth-order valence-corrected chi connectivity index (χ4v) is 1.82. The van der Waals surface area contributed by atoms with Gasteiger partial charge in [-0.2, -0.15) is 0 Å². The normalized spacial score (nSPS) is 10.5. The van der Waals surface area contributed by atoms with Crippen LogP contribution in [0.15, 0.2) is 36.4 Å². The zero-order valence-electron chi connectivity index (χ0n) is 11.9. The van der Waals surface area contributed by atoms with Crippen molar-refractivity contribution < 1.29 is 4.74 Å². The van der Waals surface area contributed by atoms with E-state index in [2.05, 4.69) is 9.97 Å². The number of likely N-dealkylation sites (N-methyl/N-ethyl adjacent to an activating group) is 1.